The number of hydrogen-bond donors (Lipinski definition) is 2. The van der Waals surface area contributed by atoms with E-state index in [-0.39, 0.29) is 11.5 Å². The standard InChI is InChI=1S/C14H16N2O3S/c1-10-6-12(9-17)7-14(11(10)2)20(18,19)16-13-4-3-5-15-8-13/h3-8,16-17H,9H2,1-2H3. The van der Waals surface area contributed by atoms with Gasteiger partial charge in [0.15, 0.2) is 0 Å². The molecule has 1 heterocycles. The first-order chi connectivity index (χ1) is 9.44. The van der Waals surface area contributed by atoms with E-state index in [1.165, 1.54) is 12.3 Å². The Hall–Kier alpha value is -1.92. The number of aliphatic hydroxyl groups is 1. The Morgan fingerprint density at radius 1 is 1.30 bits per heavy atom. The van der Waals surface area contributed by atoms with Gasteiger partial charge in [0.25, 0.3) is 10.0 Å². The quantitative estimate of drug-likeness (QED) is 0.903. The maximum atomic E-state index is 12.4. The highest BCUT2D eigenvalue weighted by atomic mass is 32.2. The summed E-state index contributed by atoms with van der Waals surface area (Å²) in [6.45, 7) is 3.36. The zero-order valence-electron chi connectivity index (χ0n) is 11.3. The van der Waals surface area contributed by atoms with E-state index < -0.39 is 10.0 Å². The van der Waals surface area contributed by atoms with Gasteiger partial charge < -0.3 is 5.11 Å². The van der Waals surface area contributed by atoms with E-state index in [4.69, 9.17) is 0 Å². The van der Waals surface area contributed by atoms with E-state index in [0.717, 1.165) is 5.56 Å². The van der Waals surface area contributed by atoms with Gasteiger partial charge in [0.05, 0.1) is 23.4 Å². The SMILES string of the molecule is Cc1cc(CO)cc(S(=O)(=O)Nc2cccnc2)c1C. The van der Waals surface area contributed by atoms with Crippen LogP contribution in [0, 0.1) is 13.8 Å². The van der Waals surface area contributed by atoms with Gasteiger partial charge in [-0.05, 0) is 48.7 Å². The number of hydrogen-bond acceptors (Lipinski definition) is 4. The van der Waals surface area contributed by atoms with Crippen molar-refractivity contribution in [3.05, 3.63) is 53.3 Å². The molecule has 2 aromatic rings. The molecule has 106 valence electrons. The lowest BCUT2D eigenvalue weighted by Crippen LogP contribution is -2.15. The van der Waals surface area contributed by atoms with Crippen LogP contribution in [0.2, 0.25) is 0 Å². The van der Waals surface area contributed by atoms with Crippen LogP contribution in [0.15, 0.2) is 41.6 Å². The highest BCUT2D eigenvalue weighted by Crippen LogP contribution is 2.23. The molecule has 0 aliphatic carbocycles. The molecule has 0 spiro atoms. The minimum Gasteiger partial charge on any atom is -0.392 e. The molecule has 0 fully saturated rings. The minimum absolute atomic E-state index is 0.172. The average molecular weight is 292 g/mol. The molecule has 0 bridgehead atoms. The molecular weight excluding hydrogens is 276 g/mol. The first-order valence-electron chi connectivity index (χ1n) is 6.08. The van der Waals surface area contributed by atoms with Crippen molar-refractivity contribution in [3.63, 3.8) is 0 Å². The van der Waals surface area contributed by atoms with Gasteiger partial charge in [-0.3, -0.25) is 9.71 Å². The van der Waals surface area contributed by atoms with Crippen LogP contribution < -0.4 is 4.72 Å². The highest BCUT2D eigenvalue weighted by Gasteiger charge is 2.19. The van der Waals surface area contributed by atoms with E-state index in [9.17, 15) is 13.5 Å². The van der Waals surface area contributed by atoms with Gasteiger partial charge in [-0.1, -0.05) is 6.07 Å². The summed E-state index contributed by atoms with van der Waals surface area (Å²) in [4.78, 5) is 4.04. The molecule has 2 rings (SSSR count). The van der Waals surface area contributed by atoms with E-state index in [1.807, 2.05) is 6.92 Å². The van der Waals surface area contributed by atoms with E-state index in [2.05, 4.69) is 9.71 Å². The molecule has 0 amide bonds. The monoisotopic (exact) mass is 292 g/mol. The van der Waals surface area contributed by atoms with Gasteiger partial charge in [0, 0.05) is 6.20 Å². The predicted octanol–water partition coefficient (Wildman–Crippen LogP) is 1.99. The molecule has 0 aliphatic rings. The van der Waals surface area contributed by atoms with Gasteiger partial charge in [-0.15, -0.1) is 0 Å². The summed E-state index contributed by atoms with van der Waals surface area (Å²) in [5, 5.41) is 9.21. The first kappa shape index (κ1) is 14.5. The third kappa shape index (κ3) is 2.97. The fourth-order valence-electron chi connectivity index (χ4n) is 1.90. The second kappa shape index (κ2) is 5.60. The Morgan fingerprint density at radius 2 is 2.05 bits per heavy atom. The molecule has 5 nitrogen and oxygen atoms in total. The minimum atomic E-state index is -3.70. The third-order valence-electron chi connectivity index (χ3n) is 3.07. The number of aromatic nitrogens is 1. The summed E-state index contributed by atoms with van der Waals surface area (Å²) in [5.74, 6) is 0. The van der Waals surface area contributed by atoms with Gasteiger partial charge in [0.1, 0.15) is 0 Å². The molecule has 0 unspecified atom stereocenters. The topological polar surface area (TPSA) is 79.3 Å². The zero-order valence-corrected chi connectivity index (χ0v) is 12.1. The van der Waals surface area contributed by atoms with Crippen molar-refractivity contribution in [3.8, 4) is 0 Å². The van der Waals surface area contributed by atoms with E-state index in [0.29, 0.717) is 16.8 Å². The van der Waals surface area contributed by atoms with E-state index in [1.54, 1.807) is 31.3 Å². The van der Waals surface area contributed by atoms with Crippen LogP contribution in [-0.4, -0.2) is 18.5 Å². The molecule has 0 radical (unpaired) electrons. The number of rotatable bonds is 4. The van der Waals surface area contributed by atoms with Crippen molar-refractivity contribution in [2.45, 2.75) is 25.3 Å². The van der Waals surface area contributed by atoms with Gasteiger partial charge in [0.2, 0.25) is 0 Å². The van der Waals surface area contributed by atoms with Crippen LogP contribution in [-0.2, 0) is 16.6 Å². The molecule has 0 atom stereocenters. The Morgan fingerprint density at radius 3 is 2.65 bits per heavy atom. The smallest absolute Gasteiger partial charge is 0.262 e. The number of sulfonamides is 1. The predicted molar refractivity (Wildman–Crippen MR) is 76.9 cm³/mol. The van der Waals surface area contributed by atoms with Crippen molar-refractivity contribution in [2.75, 3.05) is 4.72 Å². The van der Waals surface area contributed by atoms with Crippen molar-refractivity contribution < 1.29 is 13.5 Å². The Bertz CT molecular complexity index is 713. The number of anilines is 1. The normalized spacial score (nSPS) is 11.3. The Balaban J connectivity index is 2.47. The molecular formula is C14H16N2O3S. The highest BCUT2D eigenvalue weighted by molar-refractivity contribution is 7.92. The summed E-state index contributed by atoms with van der Waals surface area (Å²) < 4.78 is 27.3. The Kier molecular flexibility index (Phi) is 4.06. The molecule has 0 saturated heterocycles. The molecule has 20 heavy (non-hydrogen) atoms. The number of nitrogens with one attached hydrogen (secondary N) is 1. The summed E-state index contributed by atoms with van der Waals surface area (Å²) in [6, 6.07) is 6.54. The molecule has 2 N–H and O–H groups in total. The fraction of sp³-hybridized carbons (Fsp3) is 0.214. The van der Waals surface area contributed by atoms with Crippen LogP contribution in [0.1, 0.15) is 16.7 Å². The number of aryl methyl sites for hydroxylation is 1. The number of benzene rings is 1. The number of aliphatic hydroxyl groups excluding tert-OH is 1. The number of pyridine rings is 1. The lowest BCUT2D eigenvalue weighted by Gasteiger charge is -2.13. The van der Waals surface area contributed by atoms with Crippen molar-refractivity contribution >= 4 is 15.7 Å². The molecule has 6 heteroatoms. The molecule has 1 aromatic heterocycles. The molecule has 0 aliphatic heterocycles. The van der Waals surface area contributed by atoms with Crippen molar-refractivity contribution in [1.82, 2.24) is 4.98 Å². The largest absolute Gasteiger partial charge is 0.392 e. The summed E-state index contributed by atoms with van der Waals surface area (Å²) in [7, 11) is -3.70. The van der Waals surface area contributed by atoms with Crippen LogP contribution in [0.25, 0.3) is 0 Å². The van der Waals surface area contributed by atoms with Crippen LogP contribution in [0.4, 0.5) is 5.69 Å². The van der Waals surface area contributed by atoms with Gasteiger partial charge in [-0.2, -0.15) is 0 Å². The molecule has 0 saturated carbocycles. The van der Waals surface area contributed by atoms with Crippen molar-refractivity contribution in [2.24, 2.45) is 0 Å². The zero-order chi connectivity index (χ0) is 14.8. The number of nitrogens with zero attached hydrogens (tertiary/aromatic N) is 1. The van der Waals surface area contributed by atoms with Crippen LogP contribution in [0.3, 0.4) is 0 Å². The maximum absolute atomic E-state index is 12.4. The molecule has 1 aromatic carbocycles. The Labute approximate surface area is 118 Å². The lowest BCUT2D eigenvalue weighted by atomic mass is 10.1. The summed E-state index contributed by atoms with van der Waals surface area (Å²) in [5.41, 5.74) is 2.46. The third-order valence-corrected chi connectivity index (χ3v) is 4.57. The average Bonchev–Trinajstić information content (AvgIpc) is 2.42. The van der Waals surface area contributed by atoms with E-state index >= 15 is 0 Å². The first-order valence-corrected chi connectivity index (χ1v) is 7.56. The van der Waals surface area contributed by atoms with Gasteiger partial charge >= 0.3 is 0 Å². The van der Waals surface area contributed by atoms with Crippen molar-refractivity contribution in [1.29, 1.82) is 0 Å². The summed E-state index contributed by atoms with van der Waals surface area (Å²) >= 11 is 0. The second-order valence-corrected chi connectivity index (χ2v) is 6.19. The van der Waals surface area contributed by atoms with Crippen LogP contribution >= 0.6 is 0 Å². The van der Waals surface area contributed by atoms with Crippen LogP contribution in [0.5, 0.6) is 0 Å². The summed E-state index contributed by atoms with van der Waals surface area (Å²) in [6.07, 6.45) is 3.01. The van der Waals surface area contributed by atoms with Gasteiger partial charge in [-0.25, -0.2) is 8.42 Å². The lowest BCUT2D eigenvalue weighted by molar-refractivity contribution is 0.281. The second-order valence-electron chi connectivity index (χ2n) is 4.54. The fourth-order valence-corrected chi connectivity index (χ4v) is 3.31. The maximum Gasteiger partial charge on any atom is 0.262 e.